The molecular formula is C23H27N3O2. The summed E-state index contributed by atoms with van der Waals surface area (Å²) < 4.78 is 5.21. The van der Waals surface area contributed by atoms with E-state index in [9.17, 15) is 4.79 Å². The van der Waals surface area contributed by atoms with Crippen molar-refractivity contribution in [2.24, 2.45) is 0 Å². The van der Waals surface area contributed by atoms with E-state index in [0.717, 1.165) is 40.8 Å². The van der Waals surface area contributed by atoms with Crippen LogP contribution in [-0.4, -0.2) is 41.0 Å². The number of rotatable bonds is 8. The molecule has 1 aromatic heterocycles. The molecule has 0 saturated carbocycles. The number of carbonyl (C=O) groups is 1. The maximum absolute atomic E-state index is 13.2. The minimum Gasteiger partial charge on any atom is -0.383 e. The first-order chi connectivity index (χ1) is 13.7. The fourth-order valence-electron chi connectivity index (χ4n) is 3.27. The van der Waals surface area contributed by atoms with E-state index in [1.807, 2.05) is 53.4 Å². The van der Waals surface area contributed by atoms with Crippen LogP contribution in [-0.2, 0) is 24.1 Å². The van der Waals surface area contributed by atoms with Gasteiger partial charge in [-0.3, -0.25) is 4.79 Å². The highest BCUT2D eigenvalue weighted by atomic mass is 16.5. The Bertz CT molecular complexity index is 941. The van der Waals surface area contributed by atoms with Crippen molar-refractivity contribution in [2.45, 2.75) is 33.2 Å². The van der Waals surface area contributed by atoms with Gasteiger partial charge in [0.1, 0.15) is 0 Å². The quantitative estimate of drug-likeness (QED) is 0.594. The predicted molar refractivity (Wildman–Crippen MR) is 111 cm³/mol. The van der Waals surface area contributed by atoms with E-state index in [-0.39, 0.29) is 5.91 Å². The Morgan fingerprint density at radius 3 is 2.29 bits per heavy atom. The van der Waals surface area contributed by atoms with Crippen LogP contribution in [0.1, 0.15) is 41.2 Å². The van der Waals surface area contributed by atoms with E-state index < -0.39 is 0 Å². The maximum Gasteiger partial charge on any atom is 0.254 e. The Labute approximate surface area is 166 Å². The Kier molecular flexibility index (Phi) is 6.71. The second kappa shape index (κ2) is 9.42. The average Bonchev–Trinajstić information content (AvgIpc) is 2.75. The molecule has 0 fully saturated rings. The first-order valence-electron chi connectivity index (χ1n) is 9.78. The zero-order chi connectivity index (χ0) is 19.9. The van der Waals surface area contributed by atoms with E-state index >= 15 is 0 Å². The number of aromatic nitrogens is 2. The van der Waals surface area contributed by atoms with Crippen molar-refractivity contribution in [1.82, 2.24) is 14.9 Å². The maximum atomic E-state index is 13.2. The van der Waals surface area contributed by atoms with Gasteiger partial charge < -0.3 is 9.64 Å². The molecule has 0 unspecified atom stereocenters. The molecule has 5 heteroatoms. The average molecular weight is 377 g/mol. The lowest BCUT2D eigenvalue weighted by molar-refractivity contribution is 0.0680. The van der Waals surface area contributed by atoms with E-state index in [0.29, 0.717) is 25.3 Å². The van der Waals surface area contributed by atoms with E-state index in [4.69, 9.17) is 14.7 Å². The van der Waals surface area contributed by atoms with Crippen molar-refractivity contribution in [3.63, 3.8) is 0 Å². The molecule has 28 heavy (non-hydrogen) atoms. The number of benzene rings is 2. The lowest BCUT2D eigenvalue weighted by Gasteiger charge is -2.23. The number of aryl methyl sites for hydroxylation is 2. The summed E-state index contributed by atoms with van der Waals surface area (Å²) in [4.78, 5) is 24.5. The highest BCUT2D eigenvalue weighted by Gasteiger charge is 2.17. The lowest BCUT2D eigenvalue weighted by Crippen LogP contribution is -2.33. The first-order valence-corrected chi connectivity index (χ1v) is 9.78. The van der Waals surface area contributed by atoms with E-state index in [2.05, 4.69) is 13.8 Å². The summed E-state index contributed by atoms with van der Waals surface area (Å²) in [5.41, 5.74) is 5.34. The van der Waals surface area contributed by atoms with E-state index in [1.54, 1.807) is 7.11 Å². The van der Waals surface area contributed by atoms with Crippen molar-refractivity contribution in [3.05, 3.63) is 71.0 Å². The number of fused-ring (bicyclic) bond motifs is 1. The van der Waals surface area contributed by atoms with Crippen LogP contribution in [0.3, 0.4) is 0 Å². The van der Waals surface area contributed by atoms with Gasteiger partial charge in [-0.25, -0.2) is 9.97 Å². The van der Waals surface area contributed by atoms with E-state index in [1.165, 1.54) is 0 Å². The Balaban J connectivity index is 1.91. The third-order valence-electron chi connectivity index (χ3n) is 4.80. The van der Waals surface area contributed by atoms with Crippen LogP contribution in [0.4, 0.5) is 0 Å². The smallest absolute Gasteiger partial charge is 0.254 e. The number of nitrogens with zero attached hydrogens (tertiary/aromatic N) is 3. The van der Waals surface area contributed by atoms with Gasteiger partial charge in [-0.1, -0.05) is 44.2 Å². The number of methoxy groups -OCH3 is 1. The van der Waals surface area contributed by atoms with Crippen LogP contribution in [0.2, 0.25) is 0 Å². The van der Waals surface area contributed by atoms with Gasteiger partial charge in [-0.2, -0.15) is 0 Å². The molecule has 1 heterocycles. The molecule has 0 bridgehead atoms. The number of carbonyl (C=O) groups excluding carboxylic acids is 1. The Morgan fingerprint density at radius 2 is 1.64 bits per heavy atom. The van der Waals surface area contributed by atoms with Crippen LogP contribution >= 0.6 is 0 Å². The molecule has 0 aliphatic carbocycles. The molecule has 0 atom stereocenters. The van der Waals surface area contributed by atoms with Gasteiger partial charge in [0.15, 0.2) is 0 Å². The summed E-state index contributed by atoms with van der Waals surface area (Å²) in [5, 5.41) is 0. The second-order valence-corrected chi connectivity index (χ2v) is 6.73. The van der Waals surface area contributed by atoms with Crippen LogP contribution in [0, 0.1) is 0 Å². The highest BCUT2D eigenvalue weighted by molar-refractivity contribution is 5.97. The molecule has 0 aliphatic rings. The fourth-order valence-corrected chi connectivity index (χ4v) is 3.27. The Hall–Kier alpha value is -2.79. The minimum absolute atomic E-state index is 0.0257. The van der Waals surface area contributed by atoms with Crippen molar-refractivity contribution in [1.29, 1.82) is 0 Å². The zero-order valence-electron chi connectivity index (χ0n) is 16.8. The summed E-state index contributed by atoms with van der Waals surface area (Å²) in [6.45, 7) is 5.73. The number of ether oxygens (including phenoxy) is 1. The summed E-state index contributed by atoms with van der Waals surface area (Å²) in [7, 11) is 1.65. The number of hydrogen-bond acceptors (Lipinski definition) is 4. The molecule has 0 N–H and O–H groups in total. The standard InChI is InChI=1S/C23H27N3O2/c1-4-19-20(5-2)25-22-15-18(11-12-21(22)24-19)23(27)26(13-14-28-3)16-17-9-7-6-8-10-17/h6-12,15H,4-5,13-14,16H2,1-3H3. The summed E-state index contributed by atoms with van der Waals surface area (Å²) in [6.07, 6.45) is 1.69. The predicted octanol–water partition coefficient (Wildman–Crippen LogP) is 4.04. The summed E-state index contributed by atoms with van der Waals surface area (Å²) in [6, 6.07) is 15.6. The first kappa shape index (κ1) is 20.0. The van der Waals surface area contributed by atoms with Crippen LogP contribution in [0.15, 0.2) is 48.5 Å². The van der Waals surface area contributed by atoms with Crippen LogP contribution in [0.25, 0.3) is 11.0 Å². The lowest BCUT2D eigenvalue weighted by atomic mass is 10.1. The molecule has 3 rings (SSSR count). The number of hydrogen-bond donors (Lipinski definition) is 0. The molecule has 0 aliphatic heterocycles. The zero-order valence-corrected chi connectivity index (χ0v) is 16.8. The van der Waals surface area contributed by atoms with Gasteiger partial charge in [-0.15, -0.1) is 0 Å². The van der Waals surface area contributed by atoms with Crippen molar-refractivity contribution in [2.75, 3.05) is 20.3 Å². The Morgan fingerprint density at radius 1 is 0.964 bits per heavy atom. The topological polar surface area (TPSA) is 55.3 Å². The largest absolute Gasteiger partial charge is 0.383 e. The molecular weight excluding hydrogens is 350 g/mol. The van der Waals surface area contributed by atoms with Gasteiger partial charge in [0.05, 0.1) is 29.0 Å². The molecule has 5 nitrogen and oxygen atoms in total. The third kappa shape index (κ3) is 4.54. The summed E-state index contributed by atoms with van der Waals surface area (Å²) >= 11 is 0. The normalized spacial score (nSPS) is 11.0. The van der Waals surface area contributed by atoms with Crippen molar-refractivity contribution >= 4 is 16.9 Å². The molecule has 0 saturated heterocycles. The van der Waals surface area contributed by atoms with Crippen molar-refractivity contribution in [3.8, 4) is 0 Å². The minimum atomic E-state index is -0.0257. The number of amides is 1. The molecule has 0 radical (unpaired) electrons. The van der Waals surface area contributed by atoms with Gasteiger partial charge in [0, 0.05) is 25.8 Å². The fraction of sp³-hybridized carbons (Fsp3) is 0.348. The molecule has 1 amide bonds. The van der Waals surface area contributed by atoms with Gasteiger partial charge in [0.25, 0.3) is 5.91 Å². The second-order valence-electron chi connectivity index (χ2n) is 6.73. The third-order valence-corrected chi connectivity index (χ3v) is 4.80. The monoisotopic (exact) mass is 377 g/mol. The van der Waals surface area contributed by atoms with Crippen molar-refractivity contribution < 1.29 is 9.53 Å². The van der Waals surface area contributed by atoms with Gasteiger partial charge in [0.2, 0.25) is 0 Å². The molecule has 0 spiro atoms. The van der Waals surface area contributed by atoms with Crippen LogP contribution < -0.4 is 0 Å². The van der Waals surface area contributed by atoms with Crippen LogP contribution in [0.5, 0.6) is 0 Å². The van der Waals surface area contributed by atoms with Gasteiger partial charge in [-0.05, 0) is 36.6 Å². The molecule has 3 aromatic rings. The molecule has 2 aromatic carbocycles. The highest BCUT2D eigenvalue weighted by Crippen LogP contribution is 2.18. The summed E-state index contributed by atoms with van der Waals surface area (Å²) in [5.74, 6) is -0.0257. The van der Waals surface area contributed by atoms with Gasteiger partial charge >= 0.3 is 0 Å². The molecule has 146 valence electrons. The SMILES string of the molecule is CCc1nc2ccc(C(=O)N(CCOC)Cc3ccccc3)cc2nc1CC.